The summed E-state index contributed by atoms with van der Waals surface area (Å²) < 4.78 is 1.18. The number of nitrogens with one attached hydrogen (secondary N) is 1. The lowest BCUT2D eigenvalue weighted by Gasteiger charge is -2.19. The molecule has 1 aliphatic carbocycles. The second kappa shape index (κ2) is 5.02. The third-order valence-corrected chi connectivity index (χ3v) is 5.76. The molecule has 2 heterocycles. The normalized spacial score (nSPS) is 16.4. The van der Waals surface area contributed by atoms with Gasteiger partial charge in [-0.2, -0.15) is 0 Å². The fourth-order valence-electron chi connectivity index (χ4n) is 2.52. The quantitative estimate of drug-likeness (QED) is 0.679. The number of halogens is 1. The van der Waals surface area contributed by atoms with Gasteiger partial charge in [-0.25, -0.2) is 4.98 Å². The monoisotopic (exact) mass is 320 g/mol. The third-order valence-electron chi connectivity index (χ3n) is 3.69. The topological polar surface area (TPSA) is 24.9 Å². The number of hydrogen-bond acceptors (Lipinski definition) is 4. The van der Waals surface area contributed by atoms with E-state index in [1.165, 1.54) is 22.4 Å². The first-order valence-corrected chi connectivity index (χ1v) is 8.78. The largest absolute Gasteiger partial charge is 0.374 e. The molecule has 1 unspecified atom stereocenters. The van der Waals surface area contributed by atoms with Crippen molar-refractivity contribution in [1.82, 2.24) is 4.98 Å². The molecule has 2 aromatic heterocycles. The molecular formula is C15H13ClN2S2. The van der Waals surface area contributed by atoms with Crippen LogP contribution in [0.4, 0.5) is 5.69 Å². The summed E-state index contributed by atoms with van der Waals surface area (Å²) >= 11 is 9.86. The molecule has 3 aromatic rings. The SMILES string of the molecule is Clc1ccc2scnc2c1NC(c1cccs1)C1CC1. The Balaban J connectivity index is 1.75. The van der Waals surface area contributed by atoms with E-state index in [1.54, 1.807) is 11.3 Å². The Kier molecular flexibility index (Phi) is 3.17. The van der Waals surface area contributed by atoms with Crippen molar-refractivity contribution in [2.75, 3.05) is 5.32 Å². The van der Waals surface area contributed by atoms with Crippen LogP contribution in [0.3, 0.4) is 0 Å². The van der Waals surface area contributed by atoms with Gasteiger partial charge < -0.3 is 5.32 Å². The molecule has 2 nitrogen and oxygen atoms in total. The summed E-state index contributed by atoms with van der Waals surface area (Å²) in [6, 6.07) is 8.68. The van der Waals surface area contributed by atoms with Crippen molar-refractivity contribution in [1.29, 1.82) is 0 Å². The van der Waals surface area contributed by atoms with Gasteiger partial charge in [0.15, 0.2) is 0 Å². The highest BCUT2D eigenvalue weighted by atomic mass is 35.5. The molecule has 102 valence electrons. The highest BCUT2D eigenvalue weighted by Crippen LogP contribution is 2.46. The van der Waals surface area contributed by atoms with Gasteiger partial charge in [0.1, 0.15) is 5.52 Å². The lowest BCUT2D eigenvalue weighted by molar-refractivity contribution is 0.692. The highest BCUT2D eigenvalue weighted by molar-refractivity contribution is 7.16. The standard InChI is InChI=1S/C15H13ClN2S2/c16-10-5-6-12-15(17-8-20-12)14(10)18-13(9-3-4-9)11-2-1-7-19-11/h1-2,5-9,13,18H,3-4H2. The molecule has 0 bridgehead atoms. The van der Waals surface area contributed by atoms with E-state index in [0.717, 1.165) is 22.1 Å². The zero-order valence-corrected chi connectivity index (χ0v) is 13.1. The Bertz CT molecular complexity index is 732. The maximum atomic E-state index is 6.40. The maximum Gasteiger partial charge on any atom is 0.106 e. The van der Waals surface area contributed by atoms with Gasteiger partial charge >= 0.3 is 0 Å². The second-order valence-electron chi connectivity index (χ2n) is 5.10. The Morgan fingerprint density at radius 1 is 1.25 bits per heavy atom. The van der Waals surface area contributed by atoms with E-state index in [0.29, 0.717) is 6.04 Å². The van der Waals surface area contributed by atoms with Crippen molar-refractivity contribution in [3.63, 3.8) is 0 Å². The van der Waals surface area contributed by atoms with Crippen molar-refractivity contribution in [3.05, 3.63) is 45.1 Å². The molecule has 1 aliphatic rings. The molecule has 0 amide bonds. The number of thiazole rings is 1. The molecule has 1 saturated carbocycles. The van der Waals surface area contributed by atoms with Gasteiger partial charge in [0.05, 0.1) is 27.0 Å². The summed E-state index contributed by atoms with van der Waals surface area (Å²) in [5, 5.41) is 6.55. The van der Waals surface area contributed by atoms with Crippen LogP contribution in [0.2, 0.25) is 5.02 Å². The lowest BCUT2D eigenvalue weighted by atomic mass is 10.1. The van der Waals surface area contributed by atoms with Crippen LogP contribution in [0.5, 0.6) is 0 Å². The summed E-state index contributed by atoms with van der Waals surface area (Å²) in [4.78, 5) is 5.85. The van der Waals surface area contributed by atoms with E-state index < -0.39 is 0 Å². The molecule has 0 aliphatic heterocycles. The van der Waals surface area contributed by atoms with Crippen LogP contribution >= 0.6 is 34.3 Å². The molecule has 0 spiro atoms. The van der Waals surface area contributed by atoms with Gasteiger partial charge in [0, 0.05) is 4.88 Å². The highest BCUT2D eigenvalue weighted by Gasteiger charge is 2.33. The molecule has 1 atom stereocenters. The number of rotatable bonds is 4. The number of hydrogen-bond donors (Lipinski definition) is 1. The first-order chi connectivity index (χ1) is 9.83. The van der Waals surface area contributed by atoms with Gasteiger partial charge in [-0.05, 0) is 42.3 Å². The first kappa shape index (κ1) is 12.6. The molecule has 1 fully saturated rings. The van der Waals surface area contributed by atoms with E-state index in [4.69, 9.17) is 11.6 Å². The van der Waals surface area contributed by atoms with Crippen LogP contribution in [0.15, 0.2) is 35.2 Å². The van der Waals surface area contributed by atoms with Crippen LogP contribution in [-0.2, 0) is 0 Å². The van der Waals surface area contributed by atoms with Crippen LogP contribution < -0.4 is 5.32 Å². The number of aromatic nitrogens is 1. The van der Waals surface area contributed by atoms with E-state index in [9.17, 15) is 0 Å². The number of nitrogens with zero attached hydrogens (tertiary/aromatic N) is 1. The maximum absolute atomic E-state index is 6.40. The number of fused-ring (bicyclic) bond motifs is 1. The minimum Gasteiger partial charge on any atom is -0.374 e. The minimum atomic E-state index is 0.361. The molecule has 1 aromatic carbocycles. The molecular weight excluding hydrogens is 308 g/mol. The molecule has 5 heteroatoms. The predicted molar refractivity (Wildman–Crippen MR) is 88.0 cm³/mol. The summed E-state index contributed by atoms with van der Waals surface area (Å²) in [5.74, 6) is 0.721. The predicted octanol–water partition coefficient (Wildman–Crippen LogP) is 5.57. The average molecular weight is 321 g/mol. The van der Waals surface area contributed by atoms with Crippen molar-refractivity contribution in [3.8, 4) is 0 Å². The van der Waals surface area contributed by atoms with Crippen LogP contribution in [0.1, 0.15) is 23.8 Å². The van der Waals surface area contributed by atoms with Crippen molar-refractivity contribution < 1.29 is 0 Å². The van der Waals surface area contributed by atoms with Gasteiger partial charge in [0.2, 0.25) is 0 Å². The molecule has 20 heavy (non-hydrogen) atoms. The second-order valence-corrected chi connectivity index (χ2v) is 7.37. The summed E-state index contributed by atoms with van der Waals surface area (Å²) in [7, 11) is 0. The lowest BCUT2D eigenvalue weighted by Crippen LogP contribution is -2.12. The van der Waals surface area contributed by atoms with Gasteiger partial charge in [-0.3, -0.25) is 0 Å². The third kappa shape index (κ3) is 2.22. The average Bonchev–Trinajstić information content (AvgIpc) is 2.96. The number of benzene rings is 1. The fraction of sp³-hybridized carbons (Fsp3) is 0.267. The zero-order valence-electron chi connectivity index (χ0n) is 10.7. The Morgan fingerprint density at radius 3 is 2.90 bits per heavy atom. The van der Waals surface area contributed by atoms with Gasteiger partial charge in [0.25, 0.3) is 0 Å². The van der Waals surface area contributed by atoms with E-state index in [2.05, 4.69) is 27.8 Å². The molecule has 0 radical (unpaired) electrons. The molecule has 1 N–H and O–H groups in total. The molecule has 0 saturated heterocycles. The summed E-state index contributed by atoms with van der Waals surface area (Å²) in [5.41, 5.74) is 3.85. The smallest absolute Gasteiger partial charge is 0.106 e. The van der Waals surface area contributed by atoms with Crippen molar-refractivity contribution in [2.45, 2.75) is 18.9 Å². The Hall–Kier alpha value is -1.10. The minimum absolute atomic E-state index is 0.361. The first-order valence-electron chi connectivity index (χ1n) is 6.64. The summed E-state index contributed by atoms with van der Waals surface area (Å²) in [6.07, 6.45) is 2.58. The number of thiophene rings is 1. The number of anilines is 1. The van der Waals surface area contributed by atoms with Gasteiger partial charge in [-0.15, -0.1) is 22.7 Å². The van der Waals surface area contributed by atoms with E-state index in [1.807, 2.05) is 29.0 Å². The Labute approximate surface area is 130 Å². The molecule has 4 rings (SSSR count). The Morgan fingerprint density at radius 2 is 2.15 bits per heavy atom. The zero-order chi connectivity index (χ0) is 13.5. The van der Waals surface area contributed by atoms with Crippen LogP contribution in [0.25, 0.3) is 10.2 Å². The summed E-state index contributed by atoms with van der Waals surface area (Å²) in [6.45, 7) is 0. The van der Waals surface area contributed by atoms with E-state index >= 15 is 0 Å². The van der Waals surface area contributed by atoms with Crippen LogP contribution in [0, 0.1) is 5.92 Å². The van der Waals surface area contributed by atoms with Gasteiger partial charge in [-0.1, -0.05) is 17.7 Å². The fourth-order valence-corrected chi connectivity index (χ4v) is 4.28. The van der Waals surface area contributed by atoms with Crippen molar-refractivity contribution >= 4 is 50.2 Å². The van der Waals surface area contributed by atoms with E-state index in [-0.39, 0.29) is 0 Å². The van der Waals surface area contributed by atoms with Crippen LogP contribution in [-0.4, -0.2) is 4.98 Å². The van der Waals surface area contributed by atoms with Crippen molar-refractivity contribution in [2.24, 2.45) is 5.92 Å².